The fourth-order valence-corrected chi connectivity index (χ4v) is 8.58. The Bertz CT molecular complexity index is 1300. The Hall–Kier alpha value is -2.80. The standard InChI is InChI=1S/C57H102O12/c1-4-7-10-13-16-19-21-22-23-24-25-26-27-28-30-32-34-37-40-43-49(58)65-46-48(67-50(59)44-41-38-35-31-18-15-12-9-6-3)47-66-57-55(53(62)52(61)54(69-57)56(63)64)68-51(60)45-42-39-36-33-29-20-17-14-11-8-5-2/h14,17,22-23,48,52-55,57,61-62H,4-13,15-16,18-21,24-47H2,1-3H3,(H,63,64)/b17-14-,23-22-. The Balaban J connectivity index is 2.63. The molecule has 0 amide bonds. The maximum Gasteiger partial charge on any atom is 0.335 e. The van der Waals surface area contributed by atoms with E-state index in [1.807, 2.05) is 0 Å². The van der Waals surface area contributed by atoms with E-state index in [9.17, 15) is 34.5 Å². The van der Waals surface area contributed by atoms with Gasteiger partial charge in [-0.25, -0.2) is 4.79 Å². The summed E-state index contributed by atoms with van der Waals surface area (Å²) >= 11 is 0. The van der Waals surface area contributed by atoms with Crippen LogP contribution in [0.3, 0.4) is 0 Å². The van der Waals surface area contributed by atoms with E-state index in [4.69, 9.17) is 23.7 Å². The molecule has 0 radical (unpaired) electrons. The molecule has 0 aromatic carbocycles. The molecule has 3 N–H and O–H groups in total. The first-order valence-corrected chi connectivity index (χ1v) is 28.3. The fourth-order valence-electron chi connectivity index (χ4n) is 8.58. The molecule has 1 fully saturated rings. The first kappa shape index (κ1) is 64.2. The van der Waals surface area contributed by atoms with Gasteiger partial charge in [0.2, 0.25) is 0 Å². The van der Waals surface area contributed by atoms with E-state index in [-0.39, 0.29) is 25.9 Å². The van der Waals surface area contributed by atoms with Crippen molar-refractivity contribution < 1.29 is 58.2 Å². The van der Waals surface area contributed by atoms with Gasteiger partial charge < -0.3 is 39.0 Å². The van der Waals surface area contributed by atoms with Crippen molar-refractivity contribution in [1.29, 1.82) is 0 Å². The van der Waals surface area contributed by atoms with Crippen LogP contribution in [0.15, 0.2) is 24.3 Å². The van der Waals surface area contributed by atoms with Crippen LogP contribution in [0.25, 0.3) is 0 Å². The van der Waals surface area contributed by atoms with Gasteiger partial charge in [-0.15, -0.1) is 0 Å². The first-order chi connectivity index (χ1) is 33.6. The van der Waals surface area contributed by atoms with Crippen molar-refractivity contribution in [1.82, 2.24) is 0 Å². The van der Waals surface area contributed by atoms with E-state index >= 15 is 0 Å². The van der Waals surface area contributed by atoms with Crippen molar-refractivity contribution in [2.75, 3.05) is 13.2 Å². The molecule has 0 aromatic rings. The second-order valence-electron chi connectivity index (χ2n) is 19.6. The monoisotopic (exact) mass is 979 g/mol. The number of carboxylic acid groups (broad SMARTS) is 1. The van der Waals surface area contributed by atoms with Gasteiger partial charge in [-0.2, -0.15) is 0 Å². The summed E-state index contributed by atoms with van der Waals surface area (Å²) in [5.74, 6) is -3.11. The van der Waals surface area contributed by atoms with Crippen LogP contribution >= 0.6 is 0 Å². The summed E-state index contributed by atoms with van der Waals surface area (Å²) in [6, 6.07) is 0. The van der Waals surface area contributed by atoms with Crippen molar-refractivity contribution >= 4 is 23.9 Å². The topological polar surface area (TPSA) is 175 Å². The number of carbonyl (C=O) groups excluding carboxylic acids is 3. The normalized spacial score (nSPS) is 18.8. The van der Waals surface area contributed by atoms with E-state index in [1.54, 1.807) is 0 Å². The zero-order valence-corrected chi connectivity index (χ0v) is 44.1. The second kappa shape index (κ2) is 46.3. The maximum absolute atomic E-state index is 13.0. The lowest BCUT2D eigenvalue weighted by Gasteiger charge is -2.40. The predicted octanol–water partition coefficient (Wildman–Crippen LogP) is 13.9. The van der Waals surface area contributed by atoms with Gasteiger partial charge in [-0.3, -0.25) is 14.4 Å². The number of aliphatic hydroxyl groups is 2. The minimum Gasteiger partial charge on any atom is -0.479 e. The van der Waals surface area contributed by atoms with Crippen LogP contribution in [-0.4, -0.2) is 89.2 Å². The summed E-state index contributed by atoms with van der Waals surface area (Å²) in [6.45, 7) is 5.92. The summed E-state index contributed by atoms with van der Waals surface area (Å²) in [4.78, 5) is 50.8. The van der Waals surface area contributed by atoms with Gasteiger partial charge in [0.25, 0.3) is 0 Å². The van der Waals surface area contributed by atoms with Gasteiger partial charge in [-0.1, -0.05) is 206 Å². The molecule has 0 bridgehead atoms. The van der Waals surface area contributed by atoms with Crippen LogP contribution in [0.1, 0.15) is 265 Å². The molecule has 1 aliphatic rings. The number of esters is 3. The Kier molecular flexibility index (Phi) is 43.1. The number of aliphatic hydroxyl groups excluding tert-OH is 2. The van der Waals surface area contributed by atoms with Crippen molar-refractivity contribution in [2.24, 2.45) is 0 Å². The van der Waals surface area contributed by atoms with E-state index in [0.29, 0.717) is 19.3 Å². The summed E-state index contributed by atoms with van der Waals surface area (Å²) < 4.78 is 28.3. The number of carboxylic acids is 1. The molecular formula is C57H102O12. The van der Waals surface area contributed by atoms with E-state index in [2.05, 4.69) is 45.1 Å². The van der Waals surface area contributed by atoms with Gasteiger partial charge in [-0.05, 0) is 64.2 Å². The summed E-state index contributed by atoms with van der Waals surface area (Å²) in [5, 5.41) is 31.3. The number of hydrogen-bond acceptors (Lipinski definition) is 11. The third kappa shape index (κ3) is 36.7. The number of unbranched alkanes of at least 4 members (excludes halogenated alkanes) is 30. The highest BCUT2D eigenvalue weighted by molar-refractivity contribution is 5.74. The number of ether oxygens (including phenoxy) is 5. The number of allylic oxidation sites excluding steroid dienone is 4. The molecular weight excluding hydrogens is 877 g/mol. The summed E-state index contributed by atoms with van der Waals surface area (Å²) in [5.41, 5.74) is 0. The van der Waals surface area contributed by atoms with Crippen LogP contribution in [-0.2, 0) is 42.9 Å². The van der Waals surface area contributed by atoms with Crippen molar-refractivity contribution in [2.45, 2.75) is 302 Å². The van der Waals surface area contributed by atoms with Gasteiger partial charge in [0.05, 0.1) is 6.61 Å². The molecule has 6 atom stereocenters. The average molecular weight is 979 g/mol. The van der Waals surface area contributed by atoms with Crippen LogP contribution in [0.2, 0.25) is 0 Å². The van der Waals surface area contributed by atoms with Crippen molar-refractivity contribution in [3.8, 4) is 0 Å². The Morgan fingerprint density at radius 1 is 0.464 bits per heavy atom. The van der Waals surface area contributed by atoms with Gasteiger partial charge >= 0.3 is 23.9 Å². The zero-order chi connectivity index (χ0) is 50.4. The zero-order valence-electron chi connectivity index (χ0n) is 44.1. The Labute approximate surface area is 419 Å². The molecule has 1 aliphatic heterocycles. The molecule has 0 spiro atoms. The van der Waals surface area contributed by atoms with Gasteiger partial charge in [0.15, 0.2) is 24.6 Å². The smallest absolute Gasteiger partial charge is 0.335 e. The van der Waals surface area contributed by atoms with Gasteiger partial charge in [0.1, 0.15) is 18.8 Å². The quantitative estimate of drug-likeness (QED) is 0.0228. The largest absolute Gasteiger partial charge is 0.479 e. The lowest BCUT2D eigenvalue weighted by Crippen LogP contribution is -2.61. The molecule has 1 rings (SSSR count). The Morgan fingerprint density at radius 2 is 0.841 bits per heavy atom. The molecule has 69 heavy (non-hydrogen) atoms. The fraction of sp³-hybridized carbons (Fsp3) is 0.860. The third-order valence-electron chi connectivity index (χ3n) is 13.0. The number of hydrogen-bond donors (Lipinski definition) is 3. The minimum absolute atomic E-state index is 0.0536. The maximum atomic E-state index is 13.0. The van der Waals surface area contributed by atoms with Crippen LogP contribution in [0.5, 0.6) is 0 Å². The van der Waals surface area contributed by atoms with Crippen molar-refractivity contribution in [3.63, 3.8) is 0 Å². The number of aliphatic carboxylic acids is 1. The molecule has 12 nitrogen and oxygen atoms in total. The highest BCUT2D eigenvalue weighted by atomic mass is 16.7. The molecule has 6 unspecified atom stereocenters. The number of rotatable bonds is 48. The average Bonchev–Trinajstić information content (AvgIpc) is 3.33. The molecule has 1 saturated heterocycles. The van der Waals surface area contributed by atoms with E-state index in [1.165, 1.54) is 128 Å². The second-order valence-corrected chi connectivity index (χ2v) is 19.6. The minimum atomic E-state index is -1.90. The van der Waals surface area contributed by atoms with Crippen molar-refractivity contribution in [3.05, 3.63) is 24.3 Å². The highest BCUT2D eigenvalue weighted by Gasteiger charge is 2.50. The Morgan fingerprint density at radius 3 is 1.28 bits per heavy atom. The lowest BCUT2D eigenvalue weighted by molar-refractivity contribution is -0.301. The van der Waals surface area contributed by atoms with Crippen LogP contribution < -0.4 is 0 Å². The molecule has 402 valence electrons. The molecule has 0 saturated carbocycles. The molecule has 0 aliphatic carbocycles. The van der Waals surface area contributed by atoms with E-state index < -0.39 is 67.3 Å². The van der Waals surface area contributed by atoms with Gasteiger partial charge in [0, 0.05) is 19.3 Å². The first-order valence-electron chi connectivity index (χ1n) is 28.3. The van der Waals surface area contributed by atoms with Crippen LogP contribution in [0, 0.1) is 0 Å². The summed E-state index contributed by atoms with van der Waals surface area (Å²) in [6.07, 6.45) is 38.9. The predicted molar refractivity (Wildman–Crippen MR) is 276 cm³/mol. The third-order valence-corrected chi connectivity index (χ3v) is 13.0. The summed E-state index contributed by atoms with van der Waals surface area (Å²) in [7, 11) is 0. The molecule has 0 aromatic heterocycles. The molecule has 1 heterocycles. The van der Waals surface area contributed by atoms with Crippen LogP contribution in [0.4, 0.5) is 0 Å². The SMILES string of the molecule is CCCC/C=C\CCCCCCCC(=O)OC1C(OCC(COC(=O)CCCCCCCCCCC/C=C\CCCCCCCC)OC(=O)CCCCCCCCCCC)OC(C(=O)O)C(O)C1O. The molecule has 12 heteroatoms. The van der Waals surface area contributed by atoms with E-state index in [0.717, 1.165) is 77.0 Å². The lowest BCUT2D eigenvalue weighted by atomic mass is 9.98. The number of carbonyl (C=O) groups is 4. The highest BCUT2D eigenvalue weighted by Crippen LogP contribution is 2.26.